The molecule has 4 rings (SSSR count). The Labute approximate surface area is 157 Å². The fourth-order valence-electron chi connectivity index (χ4n) is 2.96. The molecule has 142 valence electrons. The Bertz CT molecular complexity index is 943. The number of aliphatic hydroxyl groups excluding tert-OH is 2. The minimum absolute atomic E-state index is 0.0471. The molecule has 0 spiro atoms. The van der Waals surface area contributed by atoms with Crippen LogP contribution in [-0.4, -0.2) is 59.7 Å². The van der Waals surface area contributed by atoms with Crippen LogP contribution >= 0.6 is 11.6 Å². The minimum Gasteiger partial charge on any atom is -0.394 e. The number of imidazole rings is 1. The minimum atomic E-state index is -1.75. The average Bonchev–Trinajstić information content (AvgIpc) is 3.22. The van der Waals surface area contributed by atoms with E-state index >= 15 is 0 Å². The first-order chi connectivity index (χ1) is 13.1. The van der Waals surface area contributed by atoms with E-state index < -0.39 is 31.2 Å². The number of ether oxygens (including phenoxy) is 1. The number of alkyl halides is 1. The number of aromatic nitrogens is 5. The summed E-state index contributed by atoms with van der Waals surface area (Å²) in [5.74, 6) is 0.383. The molecule has 0 saturated carbocycles. The maximum Gasteiger partial charge on any atom is 0.226 e. The lowest BCUT2D eigenvalue weighted by molar-refractivity contribution is -0.0459. The molecule has 0 aromatic carbocycles. The van der Waals surface area contributed by atoms with Crippen molar-refractivity contribution in [3.8, 4) is 0 Å². The van der Waals surface area contributed by atoms with Gasteiger partial charge in [0.2, 0.25) is 5.28 Å². The standard InChI is InChI=1S/C16H16ClFN6O3/c17-16-22-13(20-5-8-1-3-19-4-2-8)11-14(23-16)24(7-21-11)15-10(18)12(26)9(6-25)27-15/h1-4,7,9-10,12,15,25-26H,5-6H2,(H,20,22,23)/t9-,10+,12-,15-/m1/s1. The summed E-state index contributed by atoms with van der Waals surface area (Å²) in [6.07, 6.45) is -0.700. The second-order valence-corrected chi connectivity index (χ2v) is 6.40. The van der Waals surface area contributed by atoms with Gasteiger partial charge in [-0.2, -0.15) is 9.97 Å². The summed E-state index contributed by atoms with van der Waals surface area (Å²) in [6.45, 7) is -0.0476. The van der Waals surface area contributed by atoms with Gasteiger partial charge >= 0.3 is 0 Å². The molecule has 0 radical (unpaired) electrons. The Morgan fingerprint density at radius 3 is 2.78 bits per heavy atom. The zero-order chi connectivity index (χ0) is 19.0. The summed E-state index contributed by atoms with van der Waals surface area (Å²) in [5.41, 5.74) is 1.61. The van der Waals surface area contributed by atoms with Crippen LogP contribution in [0.15, 0.2) is 30.9 Å². The van der Waals surface area contributed by atoms with Crippen LogP contribution in [0.5, 0.6) is 0 Å². The average molecular weight is 395 g/mol. The van der Waals surface area contributed by atoms with Crippen LogP contribution in [0.25, 0.3) is 11.2 Å². The van der Waals surface area contributed by atoms with Crippen LogP contribution < -0.4 is 5.32 Å². The number of aliphatic hydroxyl groups is 2. The molecule has 3 aromatic heterocycles. The van der Waals surface area contributed by atoms with Crippen LogP contribution in [0.2, 0.25) is 5.28 Å². The molecule has 3 aromatic rings. The number of halogens is 2. The van der Waals surface area contributed by atoms with Crippen molar-refractivity contribution in [1.82, 2.24) is 24.5 Å². The first-order valence-electron chi connectivity index (χ1n) is 8.20. The number of nitrogens with one attached hydrogen (secondary N) is 1. The van der Waals surface area contributed by atoms with Crippen molar-refractivity contribution in [3.63, 3.8) is 0 Å². The molecule has 1 fully saturated rings. The lowest BCUT2D eigenvalue weighted by atomic mass is 10.1. The van der Waals surface area contributed by atoms with Gasteiger partial charge in [-0.05, 0) is 29.3 Å². The van der Waals surface area contributed by atoms with E-state index in [-0.39, 0.29) is 10.9 Å². The van der Waals surface area contributed by atoms with Crippen LogP contribution in [0.3, 0.4) is 0 Å². The highest BCUT2D eigenvalue weighted by molar-refractivity contribution is 6.28. The third kappa shape index (κ3) is 3.32. The SMILES string of the molecule is OC[C@H]1O[C@@H](n2cnc3c(NCc4ccncc4)nc(Cl)nc32)[C@@H](F)[C@@H]1O. The number of fused-ring (bicyclic) bond motifs is 1. The molecule has 4 atom stereocenters. The van der Waals surface area contributed by atoms with E-state index in [1.165, 1.54) is 10.9 Å². The summed E-state index contributed by atoms with van der Waals surface area (Å²) in [6, 6.07) is 3.70. The number of hydrogen-bond donors (Lipinski definition) is 3. The van der Waals surface area contributed by atoms with Crippen molar-refractivity contribution in [2.75, 3.05) is 11.9 Å². The van der Waals surface area contributed by atoms with E-state index in [0.717, 1.165) is 5.56 Å². The zero-order valence-corrected chi connectivity index (χ0v) is 14.7. The van der Waals surface area contributed by atoms with Gasteiger partial charge in [-0.3, -0.25) is 9.55 Å². The molecule has 27 heavy (non-hydrogen) atoms. The number of nitrogens with zero attached hydrogens (tertiary/aromatic N) is 5. The van der Waals surface area contributed by atoms with Gasteiger partial charge in [-0.1, -0.05) is 0 Å². The number of pyridine rings is 1. The predicted molar refractivity (Wildman–Crippen MR) is 93.8 cm³/mol. The van der Waals surface area contributed by atoms with E-state index in [1.54, 1.807) is 12.4 Å². The van der Waals surface area contributed by atoms with Crippen molar-refractivity contribution in [3.05, 3.63) is 41.7 Å². The third-order valence-electron chi connectivity index (χ3n) is 4.35. The monoisotopic (exact) mass is 394 g/mol. The van der Waals surface area contributed by atoms with Gasteiger partial charge in [0.05, 0.1) is 12.9 Å². The molecule has 9 nitrogen and oxygen atoms in total. The Morgan fingerprint density at radius 1 is 1.30 bits per heavy atom. The second-order valence-electron chi connectivity index (χ2n) is 6.06. The molecule has 0 amide bonds. The van der Waals surface area contributed by atoms with Gasteiger partial charge in [0.1, 0.15) is 12.2 Å². The molecule has 4 heterocycles. The van der Waals surface area contributed by atoms with Crippen molar-refractivity contribution in [2.24, 2.45) is 0 Å². The molecular weight excluding hydrogens is 379 g/mol. The Kier molecular flexibility index (Phi) is 4.87. The summed E-state index contributed by atoms with van der Waals surface area (Å²) in [7, 11) is 0. The molecule has 0 bridgehead atoms. The maximum absolute atomic E-state index is 14.4. The smallest absolute Gasteiger partial charge is 0.226 e. The number of anilines is 1. The summed E-state index contributed by atoms with van der Waals surface area (Å²) in [4.78, 5) is 16.5. The lowest BCUT2D eigenvalue weighted by Crippen LogP contribution is -2.30. The third-order valence-corrected chi connectivity index (χ3v) is 4.52. The fraction of sp³-hybridized carbons (Fsp3) is 0.375. The Balaban J connectivity index is 1.66. The second kappa shape index (κ2) is 7.31. The molecule has 0 aliphatic carbocycles. The summed E-state index contributed by atoms with van der Waals surface area (Å²) >= 11 is 6.02. The zero-order valence-electron chi connectivity index (χ0n) is 13.9. The van der Waals surface area contributed by atoms with Gasteiger partial charge in [0.25, 0.3) is 0 Å². The van der Waals surface area contributed by atoms with Gasteiger partial charge in [0, 0.05) is 18.9 Å². The molecule has 11 heteroatoms. The van der Waals surface area contributed by atoms with Crippen LogP contribution in [0.1, 0.15) is 11.8 Å². The van der Waals surface area contributed by atoms with E-state index in [9.17, 15) is 14.6 Å². The van der Waals surface area contributed by atoms with Crippen molar-refractivity contribution in [2.45, 2.75) is 31.2 Å². The van der Waals surface area contributed by atoms with Crippen molar-refractivity contribution >= 4 is 28.6 Å². The fourth-order valence-corrected chi connectivity index (χ4v) is 3.13. The largest absolute Gasteiger partial charge is 0.394 e. The number of rotatable bonds is 5. The predicted octanol–water partition coefficient (Wildman–Crippen LogP) is 1.08. The molecule has 3 N–H and O–H groups in total. The van der Waals surface area contributed by atoms with Crippen LogP contribution in [0.4, 0.5) is 10.2 Å². The van der Waals surface area contributed by atoms with Crippen molar-refractivity contribution < 1.29 is 19.3 Å². The highest BCUT2D eigenvalue weighted by Crippen LogP contribution is 2.34. The Morgan fingerprint density at radius 2 is 2.07 bits per heavy atom. The maximum atomic E-state index is 14.4. The summed E-state index contributed by atoms with van der Waals surface area (Å²) in [5, 5.41) is 22.1. The van der Waals surface area contributed by atoms with E-state index in [4.69, 9.17) is 16.3 Å². The van der Waals surface area contributed by atoms with Gasteiger partial charge in [0.15, 0.2) is 29.4 Å². The summed E-state index contributed by atoms with van der Waals surface area (Å²) < 4.78 is 21.2. The lowest BCUT2D eigenvalue weighted by Gasteiger charge is -2.15. The quantitative estimate of drug-likeness (QED) is 0.550. The first kappa shape index (κ1) is 18.0. The van der Waals surface area contributed by atoms with Gasteiger partial charge in [-0.25, -0.2) is 9.37 Å². The van der Waals surface area contributed by atoms with Gasteiger partial charge in [-0.15, -0.1) is 0 Å². The topological polar surface area (TPSA) is 118 Å². The van der Waals surface area contributed by atoms with Crippen molar-refractivity contribution in [1.29, 1.82) is 0 Å². The van der Waals surface area contributed by atoms with E-state index in [2.05, 4.69) is 25.3 Å². The first-order valence-corrected chi connectivity index (χ1v) is 8.57. The number of hydrogen-bond acceptors (Lipinski definition) is 8. The van der Waals surface area contributed by atoms with E-state index in [1.807, 2.05) is 12.1 Å². The molecule has 1 aliphatic heterocycles. The Hall–Kier alpha value is -2.40. The van der Waals surface area contributed by atoms with Gasteiger partial charge < -0.3 is 20.3 Å². The van der Waals surface area contributed by atoms with E-state index in [0.29, 0.717) is 17.9 Å². The van der Waals surface area contributed by atoms with Crippen LogP contribution in [0, 0.1) is 0 Å². The van der Waals surface area contributed by atoms with Crippen LogP contribution in [-0.2, 0) is 11.3 Å². The highest BCUT2D eigenvalue weighted by Gasteiger charge is 2.45. The normalized spacial score (nSPS) is 25.2. The molecular formula is C16H16ClFN6O3. The highest BCUT2D eigenvalue weighted by atomic mass is 35.5. The molecule has 0 unspecified atom stereocenters. The molecule has 1 saturated heterocycles. The molecule has 1 aliphatic rings.